The Kier molecular flexibility index (Phi) is 5.62. The maximum Gasteiger partial charge on any atom is 0.267 e. The lowest BCUT2D eigenvalue weighted by Crippen LogP contribution is -2.45. The van der Waals surface area contributed by atoms with Gasteiger partial charge in [0.1, 0.15) is 5.54 Å². The number of thioether (sulfide) groups is 1. The van der Waals surface area contributed by atoms with Gasteiger partial charge in [0, 0.05) is 0 Å². The van der Waals surface area contributed by atoms with Crippen molar-refractivity contribution in [3.05, 3.63) is 63.9 Å². The van der Waals surface area contributed by atoms with Gasteiger partial charge < -0.3 is 5.32 Å². The summed E-state index contributed by atoms with van der Waals surface area (Å²) in [4.78, 5) is 26.3. The van der Waals surface area contributed by atoms with E-state index in [4.69, 9.17) is 0 Å². The van der Waals surface area contributed by atoms with E-state index in [9.17, 15) is 14.9 Å². The van der Waals surface area contributed by atoms with Crippen molar-refractivity contribution >= 4 is 34.3 Å². The minimum atomic E-state index is -0.764. The molecule has 1 aliphatic rings. The highest BCUT2D eigenvalue weighted by atomic mass is 32.2. The molecule has 9 heteroatoms. The van der Waals surface area contributed by atoms with E-state index in [0.29, 0.717) is 34.7 Å². The number of hydrogen-bond donors (Lipinski definition) is 1. The molecule has 1 N–H and O–H groups in total. The van der Waals surface area contributed by atoms with Crippen molar-refractivity contribution in [1.82, 2.24) is 24.5 Å². The van der Waals surface area contributed by atoms with Crippen LogP contribution < -0.4 is 10.9 Å². The minimum absolute atomic E-state index is 0.0983. The molecule has 8 nitrogen and oxygen atoms in total. The number of fused-ring (bicyclic) bond motifs is 3. The zero-order valence-electron chi connectivity index (χ0n) is 19.0. The molecule has 0 atom stereocenters. The van der Waals surface area contributed by atoms with Crippen LogP contribution in [0.5, 0.6) is 0 Å². The Morgan fingerprint density at radius 3 is 2.53 bits per heavy atom. The molecule has 1 aliphatic carbocycles. The van der Waals surface area contributed by atoms with Crippen molar-refractivity contribution in [2.24, 2.45) is 0 Å². The number of nitrogens with zero attached hydrogens (tertiary/aromatic N) is 5. The largest absolute Gasteiger partial charge is 0.337 e. The third-order valence-electron chi connectivity index (χ3n) is 6.44. The molecule has 2 aromatic carbocycles. The average Bonchev–Trinajstić information content (AvgIpc) is 3.47. The van der Waals surface area contributed by atoms with Gasteiger partial charge in [-0.2, -0.15) is 5.26 Å². The van der Waals surface area contributed by atoms with Crippen LogP contribution in [-0.4, -0.2) is 36.4 Å². The normalized spacial score (nSPS) is 15.0. The lowest BCUT2D eigenvalue weighted by atomic mass is 10.0. The highest BCUT2D eigenvalue weighted by Gasteiger charge is 2.35. The molecule has 172 valence electrons. The number of nitrogens with one attached hydrogen (secondary N) is 1. The van der Waals surface area contributed by atoms with Crippen LogP contribution in [0.3, 0.4) is 0 Å². The Morgan fingerprint density at radius 2 is 1.82 bits per heavy atom. The van der Waals surface area contributed by atoms with Gasteiger partial charge in [-0.3, -0.25) is 14.0 Å². The second-order valence-corrected chi connectivity index (χ2v) is 9.70. The fourth-order valence-corrected chi connectivity index (χ4v) is 5.55. The molecule has 5 rings (SSSR count). The van der Waals surface area contributed by atoms with Gasteiger partial charge in [0.2, 0.25) is 11.7 Å². The van der Waals surface area contributed by atoms with Crippen LogP contribution in [0.4, 0.5) is 0 Å². The van der Waals surface area contributed by atoms with E-state index in [1.807, 2.05) is 54.6 Å². The molecule has 2 heterocycles. The molecule has 0 aliphatic heterocycles. The Bertz CT molecular complexity index is 1500. The second kappa shape index (κ2) is 8.61. The first-order chi connectivity index (χ1) is 16.4. The third-order valence-corrected chi connectivity index (χ3v) is 7.37. The van der Waals surface area contributed by atoms with Crippen molar-refractivity contribution in [2.45, 2.75) is 50.2 Å². The monoisotopic (exact) mass is 472 g/mol. The number of carbonyl (C=O) groups excluding carboxylic acids is 1. The molecule has 1 saturated carbocycles. The van der Waals surface area contributed by atoms with E-state index in [-0.39, 0.29) is 17.2 Å². The number of amides is 1. The van der Waals surface area contributed by atoms with Crippen LogP contribution >= 0.6 is 11.8 Å². The van der Waals surface area contributed by atoms with E-state index >= 15 is 0 Å². The number of carbonyl (C=O) groups is 1. The Morgan fingerprint density at radius 1 is 1.12 bits per heavy atom. The maximum atomic E-state index is 13.6. The predicted molar refractivity (Wildman–Crippen MR) is 131 cm³/mol. The van der Waals surface area contributed by atoms with E-state index in [1.165, 1.54) is 11.8 Å². The standard InChI is InChI=1S/C25H24N6O2S/c1-16-8-7-9-17(2)21(16)31-22(33)18-10-3-4-11-19(18)30-23(31)28-29-24(30)34-14-20(32)27-25(15-26)12-5-6-13-25/h3-4,7-11H,5-6,12-14H2,1-2H3,(H,27,32). The van der Waals surface area contributed by atoms with Crippen LogP contribution in [0.25, 0.3) is 22.4 Å². The molecule has 34 heavy (non-hydrogen) atoms. The van der Waals surface area contributed by atoms with Crippen LogP contribution in [0, 0.1) is 25.2 Å². The number of nitriles is 1. The fourth-order valence-electron chi connectivity index (χ4n) is 4.81. The first-order valence-corrected chi connectivity index (χ1v) is 12.2. The first-order valence-electron chi connectivity index (χ1n) is 11.2. The molecule has 0 radical (unpaired) electrons. The molecule has 0 spiro atoms. The van der Waals surface area contributed by atoms with E-state index in [1.54, 1.807) is 10.6 Å². The summed E-state index contributed by atoms with van der Waals surface area (Å²) in [6.07, 6.45) is 3.25. The molecule has 1 amide bonds. The molecular formula is C25H24N6O2S. The summed E-state index contributed by atoms with van der Waals surface area (Å²) < 4.78 is 3.43. The average molecular weight is 473 g/mol. The van der Waals surface area contributed by atoms with Crippen molar-refractivity contribution in [1.29, 1.82) is 5.26 Å². The molecule has 0 saturated heterocycles. The Balaban J connectivity index is 1.59. The highest BCUT2D eigenvalue weighted by Crippen LogP contribution is 2.30. The Labute approximate surface area is 200 Å². The molecular weight excluding hydrogens is 448 g/mol. The van der Waals surface area contributed by atoms with Crippen LogP contribution in [0.2, 0.25) is 0 Å². The molecule has 0 unspecified atom stereocenters. The summed E-state index contributed by atoms with van der Waals surface area (Å²) in [7, 11) is 0. The van der Waals surface area contributed by atoms with Gasteiger partial charge in [-0.25, -0.2) is 4.57 Å². The van der Waals surface area contributed by atoms with E-state index in [0.717, 1.165) is 29.7 Å². The van der Waals surface area contributed by atoms with Crippen molar-refractivity contribution in [3.63, 3.8) is 0 Å². The van der Waals surface area contributed by atoms with Gasteiger partial charge in [-0.1, -0.05) is 42.1 Å². The Hall–Kier alpha value is -3.64. The summed E-state index contributed by atoms with van der Waals surface area (Å²) in [5.41, 5.74) is 2.44. The topological polar surface area (TPSA) is 105 Å². The summed E-state index contributed by atoms with van der Waals surface area (Å²) in [6.45, 7) is 3.93. The van der Waals surface area contributed by atoms with Crippen LogP contribution in [0.15, 0.2) is 52.4 Å². The van der Waals surface area contributed by atoms with Crippen LogP contribution in [0.1, 0.15) is 36.8 Å². The molecule has 0 bridgehead atoms. The SMILES string of the molecule is Cc1cccc(C)c1-n1c(=O)c2ccccc2n2c(SCC(=O)NC3(C#N)CCCC3)nnc12. The summed E-state index contributed by atoms with van der Waals surface area (Å²) in [5, 5.41) is 22.2. The van der Waals surface area contributed by atoms with Crippen LogP contribution in [-0.2, 0) is 4.79 Å². The first kappa shape index (κ1) is 22.2. The number of aryl methyl sites for hydroxylation is 2. The second-order valence-electron chi connectivity index (χ2n) is 8.75. The summed E-state index contributed by atoms with van der Waals surface area (Å²) in [6, 6.07) is 15.5. The lowest BCUT2D eigenvalue weighted by molar-refractivity contribution is -0.119. The number of hydrogen-bond acceptors (Lipinski definition) is 6. The summed E-state index contributed by atoms with van der Waals surface area (Å²) >= 11 is 1.24. The zero-order valence-corrected chi connectivity index (χ0v) is 19.9. The molecule has 2 aromatic heterocycles. The zero-order chi connectivity index (χ0) is 23.9. The van der Waals surface area contributed by atoms with Gasteiger partial charge >= 0.3 is 0 Å². The van der Waals surface area contributed by atoms with Gasteiger partial charge in [0.05, 0.1) is 28.4 Å². The van der Waals surface area contributed by atoms with Gasteiger partial charge in [-0.05, 0) is 62.8 Å². The van der Waals surface area contributed by atoms with E-state index < -0.39 is 5.54 Å². The quantitative estimate of drug-likeness (QED) is 0.444. The number of aromatic nitrogens is 4. The van der Waals surface area contributed by atoms with Gasteiger partial charge in [0.15, 0.2) is 5.16 Å². The third kappa shape index (κ3) is 3.64. The fraction of sp³-hybridized carbons (Fsp3) is 0.320. The van der Waals surface area contributed by atoms with E-state index in [2.05, 4.69) is 21.6 Å². The molecule has 1 fully saturated rings. The number of para-hydroxylation sites is 2. The number of rotatable bonds is 5. The minimum Gasteiger partial charge on any atom is -0.337 e. The summed E-state index contributed by atoms with van der Waals surface area (Å²) in [5.74, 6) is 0.284. The van der Waals surface area contributed by atoms with Gasteiger partial charge in [0.25, 0.3) is 5.56 Å². The van der Waals surface area contributed by atoms with Crippen molar-refractivity contribution in [3.8, 4) is 11.8 Å². The highest BCUT2D eigenvalue weighted by molar-refractivity contribution is 7.99. The lowest BCUT2D eigenvalue weighted by Gasteiger charge is -2.21. The smallest absolute Gasteiger partial charge is 0.267 e. The molecule has 4 aromatic rings. The van der Waals surface area contributed by atoms with Crippen molar-refractivity contribution < 1.29 is 4.79 Å². The predicted octanol–water partition coefficient (Wildman–Crippen LogP) is 3.69. The van der Waals surface area contributed by atoms with Crippen molar-refractivity contribution in [2.75, 3.05) is 5.75 Å². The van der Waals surface area contributed by atoms with Gasteiger partial charge in [-0.15, -0.1) is 10.2 Å². The maximum absolute atomic E-state index is 13.6. The number of benzene rings is 2.